The number of nitrogens with one attached hydrogen (secondary N) is 3. The van der Waals surface area contributed by atoms with E-state index in [1.165, 1.54) is 16.2 Å². The molecular weight excluding hydrogens is 713 g/mol. The lowest BCUT2D eigenvalue weighted by Gasteiger charge is -2.30. The summed E-state index contributed by atoms with van der Waals surface area (Å²) in [4.78, 5) is 65.3. The molecule has 54 heavy (non-hydrogen) atoms. The second-order valence-corrected chi connectivity index (χ2v) is 16.8. The smallest absolute Gasteiger partial charge is 0.408 e. The van der Waals surface area contributed by atoms with Crippen LogP contribution in [0.25, 0.3) is 22.3 Å². The zero-order valence-corrected chi connectivity index (χ0v) is 32.7. The van der Waals surface area contributed by atoms with Crippen LogP contribution in [0.4, 0.5) is 9.93 Å². The Kier molecular flexibility index (Phi) is 11.6. The van der Waals surface area contributed by atoms with Crippen molar-refractivity contribution in [3.63, 3.8) is 0 Å². The monoisotopic (exact) mass is 764 g/mol. The lowest BCUT2D eigenvalue weighted by Crippen LogP contribution is -2.56. The lowest BCUT2D eigenvalue weighted by molar-refractivity contribution is -0.146. The van der Waals surface area contributed by atoms with Gasteiger partial charge < -0.3 is 40.2 Å². The Morgan fingerprint density at radius 3 is 2.50 bits per heavy atom. The highest BCUT2D eigenvalue weighted by Crippen LogP contribution is 2.47. The lowest BCUT2D eigenvalue weighted by atomic mass is 10.0. The molecule has 0 bridgehead atoms. The quantitative estimate of drug-likeness (QED) is 0.207. The van der Waals surface area contributed by atoms with Gasteiger partial charge in [-0.05, 0) is 71.9 Å². The van der Waals surface area contributed by atoms with Crippen LogP contribution in [0, 0.1) is 5.92 Å². The number of thiazole rings is 1. The van der Waals surface area contributed by atoms with Gasteiger partial charge in [-0.2, -0.15) is 0 Å². The highest BCUT2D eigenvalue weighted by molar-refractivity contribution is 7.14. The number of pyridine rings is 1. The number of methoxy groups -OCH3 is 1. The highest BCUT2D eigenvalue weighted by atomic mass is 32.1. The summed E-state index contributed by atoms with van der Waals surface area (Å²) < 4.78 is 17.7. The summed E-state index contributed by atoms with van der Waals surface area (Å²) >= 11 is 1.47. The predicted molar refractivity (Wildman–Crippen MR) is 205 cm³/mol. The molecule has 2 aromatic heterocycles. The summed E-state index contributed by atoms with van der Waals surface area (Å²) in [5, 5.41) is 22.6. The molecule has 2 aliphatic heterocycles. The fourth-order valence-corrected chi connectivity index (χ4v) is 8.27. The van der Waals surface area contributed by atoms with Gasteiger partial charge in [-0.15, -0.1) is 11.3 Å². The number of ether oxygens (including phenoxy) is 3. The van der Waals surface area contributed by atoms with E-state index in [2.05, 4.69) is 16.0 Å². The van der Waals surface area contributed by atoms with Gasteiger partial charge in [0.25, 0.3) is 0 Å². The van der Waals surface area contributed by atoms with E-state index in [4.69, 9.17) is 24.2 Å². The summed E-state index contributed by atoms with van der Waals surface area (Å²) in [6, 6.07) is 5.48. The largest absolute Gasteiger partial charge is 0.497 e. The van der Waals surface area contributed by atoms with Gasteiger partial charge in [0.15, 0.2) is 5.13 Å². The topological polar surface area (TPSA) is 181 Å². The number of hydrogen-bond donors (Lipinski definition) is 4. The maximum absolute atomic E-state index is 14.5. The zero-order chi connectivity index (χ0) is 38.8. The van der Waals surface area contributed by atoms with Crippen LogP contribution in [0.15, 0.2) is 29.6 Å². The number of carboxylic acid groups (broad SMARTS) is 1. The number of alkyl carbamates (subject to hydrolysis) is 1. The predicted octanol–water partition coefficient (Wildman–Crippen LogP) is 6.13. The van der Waals surface area contributed by atoms with Crippen molar-refractivity contribution in [3.8, 4) is 22.9 Å². The van der Waals surface area contributed by atoms with Gasteiger partial charge in [-0.25, -0.2) is 19.6 Å². The van der Waals surface area contributed by atoms with E-state index in [9.17, 15) is 24.3 Å². The van der Waals surface area contributed by atoms with Crippen LogP contribution in [0.2, 0.25) is 0 Å². The van der Waals surface area contributed by atoms with Gasteiger partial charge in [0.1, 0.15) is 46.5 Å². The van der Waals surface area contributed by atoms with Gasteiger partial charge in [0.2, 0.25) is 11.8 Å². The number of aromatic nitrogens is 2. The number of carbonyl (C=O) groups is 4. The van der Waals surface area contributed by atoms with Gasteiger partial charge in [-0.3, -0.25) is 9.59 Å². The fraction of sp³-hybridized carbons (Fsp3) is 0.590. The molecular formula is C39H52N6O8S. The summed E-state index contributed by atoms with van der Waals surface area (Å²) in [6.07, 6.45) is 4.33. The molecule has 5 atom stereocenters. The van der Waals surface area contributed by atoms with Crippen LogP contribution < -0.4 is 25.4 Å². The van der Waals surface area contributed by atoms with Crippen molar-refractivity contribution in [1.82, 2.24) is 25.5 Å². The zero-order valence-electron chi connectivity index (χ0n) is 31.9. The third kappa shape index (κ3) is 8.99. The van der Waals surface area contributed by atoms with Crippen LogP contribution in [0.5, 0.6) is 11.5 Å². The van der Waals surface area contributed by atoms with E-state index in [0.29, 0.717) is 59.5 Å². The Balaban J connectivity index is 1.34. The molecule has 0 spiro atoms. The number of carbonyl (C=O) groups excluding carboxylic acids is 3. The normalized spacial score (nSPS) is 25.1. The molecule has 1 aromatic carbocycles. The summed E-state index contributed by atoms with van der Waals surface area (Å²) in [7, 11) is 1.58. The van der Waals surface area contributed by atoms with Crippen molar-refractivity contribution in [3.05, 3.63) is 29.6 Å². The standard InChI is InChI=1S/C39H52N6O8S/c1-22(2)40-36-42-30(21-54-36)29-18-32(26-15-14-24(51-6)16-28(26)41-29)52-25-17-31-33(46)44-39(35(48)49)19-23(39)12-10-8-7-9-11-13-27(34(47)45(31)20-25)43-37(50)53-38(3,4)5/h14-16,18,21-23,25,27,31H,7-13,17,19-20H2,1-6H3,(H,40,42)(H,43,50)(H,44,46)(H,48,49)/t23?,25-,27?,31?,39?/m1/s1. The molecule has 3 aliphatic rings. The minimum Gasteiger partial charge on any atom is -0.497 e. The van der Waals surface area contributed by atoms with E-state index in [1.54, 1.807) is 27.9 Å². The van der Waals surface area contributed by atoms with Crippen molar-refractivity contribution in [2.75, 3.05) is 19.0 Å². The average Bonchev–Trinajstić information content (AvgIpc) is 3.38. The van der Waals surface area contributed by atoms with Crippen molar-refractivity contribution in [2.24, 2.45) is 5.92 Å². The second-order valence-electron chi connectivity index (χ2n) is 15.9. The number of benzene rings is 1. The van der Waals surface area contributed by atoms with Gasteiger partial charge in [-0.1, -0.05) is 32.1 Å². The molecule has 6 rings (SSSR count). The Morgan fingerprint density at radius 1 is 1.06 bits per heavy atom. The number of aliphatic carboxylic acids is 1. The van der Waals surface area contributed by atoms with Gasteiger partial charge in [0.05, 0.1) is 24.9 Å². The maximum atomic E-state index is 14.5. The van der Waals surface area contributed by atoms with Crippen LogP contribution >= 0.6 is 11.3 Å². The van der Waals surface area contributed by atoms with Gasteiger partial charge in [0, 0.05) is 35.4 Å². The van der Waals surface area contributed by atoms with Gasteiger partial charge >= 0.3 is 12.1 Å². The molecule has 1 aliphatic carbocycles. The Bertz CT molecular complexity index is 1880. The average molecular weight is 765 g/mol. The number of fused-ring (bicyclic) bond motifs is 3. The fourth-order valence-electron chi connectivity index (χ4n) is 7.42. The SMILES string of the molecule is COc1ccc2c(O[C@@H]3CC4C(=O)NC5(C(=O)O)CC5CCCCCCCC(NC(=O)OC(C)(C)C)C(=O)N4C3)cc(-c3csc(NC(C)C)n3)nc2c1. The van der Waals surface area contributed by atoms with Crippen LogP contribution in [-0.4, -0.2) is 92.9 Å². The van der Waals surface area contributed by atoms with Crippen LogP contribution in [-0.2, 0) is 19.1 Å². The van der Waals surface area contributed by atoms with E-state index in [-0.39, 0.29) is 24.9 Å². The molecule has 3 amide bonds. The molecule has 14 nitrogen and oxygen atoms in total. The van der Waals surface area contributed by atoms with Crippen LogP contribution in [0.3, 0.4) is 0 Å². The molecule has 4 unspecified atom stereocenters. The maximum Gasteiger partial charge on any atom is 0.408 e. The minimum atomic E-state index is -1.37. The molecule has 3 aromatic rings. The first kappa shape index (κ1) is 39.0. The first-order valence-corrected chi connectivity index (χ1v) is 19.8. The third-order valence-electron chi connectivity index (χ3n) is 10.2. The number of anilines is 1. The minimum absolute atomic E-state index is 0.0291. The number of nitrogens with zero attached hydrogens (tertiary/aromatic N) is 3. The molecule has 3 fully saturated rings. The summed E-state index contributed by atoms with van der Waals surface area (Å²) in [6.45, 7) is 9.34. The highest BCUT2D eigenvalue weighted by Gasteiger charge is 2.62. The van der Waals surface area contributed by atoms with E-state index in [0.717, 1.165) is 30.8 Å². The molecule has 2 saturated heterocycles. The number of hydrogen-bond acceptors (Lipinski definition) is 11. The Morgan fingerprint density at radius 2 is 1.80 bits per heavy atom. The van der Waals surface area contributed by atoms with E-state index in [1.807, 2.05) is 43.5 Å². The second kappa shape index (κ2) is 16.0. The third-order valence-corrected chi connectivity index (χ3v) is 10.9. The molecule has 1 saturated carbocycles. The Hall–Kier alpha value is -4.66. The Labute approximate surface area is 319 Å². The van der Waals surface area contributed by atoms with Crippen molar-refractivity contribution in [1.29, 1.82) is 0 Å². The van der Waals surface area contributed by atoms with Crippen molar-refractivity contribution in [2.45, 2.75) is 128 Å². The van der Waals surface area contributed by atoms with Crippen LogP contribution in [0.1, 0.15) is 92.4 Å². The molecule has 292 valence electrons. The van der Waals surface area contributed by atoms with E-state index < -0.39 is 53.2 Å². The number of amides is 3. The molecule has 4 heterocycles. The summed E-state index contributed by atoms with van der Waals surface area (Å²) in [5.41, 5.74) is -0.314. The summed E-state index contributed by atoms with van der Waals surface area (Å²) in [5.74, 6) is -1.15. The number of carboxylic acids is 1. The van der Waals surface area contributed by atoms with E-state index >= 15 is 0 Å². The van der Waals surface area contributed by atoms with Crippen molar-refractivity contribution >= 4 is 51.2 Å². The molecule has 0 radical (unpaired) electrons. The number of rotatable bonds is 8. The van der Waals surface area contributed by atoms with Crippen molar-refractivity contribution < 1.29 is 38.5 Å². The molecule has 15 heteroatoms. The molecule has 4 N–H and O–H groups in total. The first-order chi connectivity index (χ1) is 25.7. The first-order valence-electron chi connectivity index (χ1n) is 18.9.